The maximum absolute atomic E-state index is 13.0. The van der Waals surface area contributed by atoms with Crippen molar-refractivity contribution in [1.82, 2.24) is 24.9 Å². The van der Waals surface area contributed by atoms with E-state index in [9.17, 15) is 4.39 Å². The molecule has 1 atom stereocenters. The number of aromatic nitrogens is 5. The summed E-state index contributed by atoms with van der Waals surface area (Å²) >= 11 is 0. The topological polar surface area (TPSA) is 81.7 Å². The van der Waals surface area contributed by atoms with Gasteiger partial charge in [-0.15, -0.1) is 0 Å². The van der Waals surface area contributed by atoms with Crippen LogP contribution in [0.2, 0.25) is 0 Å². The van der Waals surface area contributed by atoms with Gasteiger partial charge in [-0.1, -0.05) is 17.3 Å². The Balaban J connectivity index is 1.38. The highest BCUT2D eigenvalue weighted by Gasteiger charge is 2.11. The largest absolute Gasteiger partial charge is 0.366 e. The van der Waals surface area contributed by atoms with Crippen LogP contribution < -0.4 is 5.32 Å². The number of nitrogens with zero attached hydrogens (tertiary/aromatic N) is 5. The molecule has 1 aromatic carbocycles. The molecule has 28 heavy (non-hydrogen) atoms. The number of benzene rings is 1. The quantitative estimate of drug-likeness (QED) is 0.530. The maximum atomic E-state index is 13.0. The summed E-state index contributed by atoms with van der Waals surface area (Å²) in [6.07, 6.45) is 5.85. The first-order chi connectivity index (χ1) is 13.7. The highest BCUT2D eigenvalue weighted by atomic mass is 19.1. The molecule has 8 heteroatoms. The molecular weight excluding hydrogens is 359 g/mol. The zero-order valence-electron chi connectivity index (χ0n) is 15.3. The van der Waals surface area contributed by atoms with Crippen LogP contribution in [0, 0.1) is 5.82 Å². The molecule has 0 amide bonds. The number of halogens is 1. The summed E-state index contributed by atoms with van der Waals surface area (Å²) in [6.45, 7) is 2.81. The highest BCUT2D eigenvalue weighted by molar-refractivity contribution is 5.54. The zero-order valence-corrected chi connectivity index (χ0v) is 15.3. The third-order valence-electron chi connectivity index (χ3n) is 4.17. The summed E-state index contributed by atoms with van der Waals surface area (Å²) < 4.78 is 20.2. The van der Waals surface area contributed by atoms with Gasteiger partial charge in [-0.05, 0) is 42.8 Å². The molecule has 0 spiro atoms. The van der Waals surface area contributed by atoms with Crippen molar-refractivity contribution >= 4 is 5.82 Å². The average molecular weight is 378 g/mol. The van der Waals surface area contributed by atoms with Crippen molar-refractivity contribution in [2.75, 3.05) is 5.32 Å². The number of nitrogens with one attached hydrogen (secondary N) is 1. The Morgan fingerprint density at radius 1 is 1.18 bits per heavy atom. The SMILES string of the molecule is C[C@H](Cn1cccn1)Nc1ccc(-c2nc(Cc3ccc(F)cc3)no2)cn1. The van der Waals surface area contributed by atoms with Crippen LogP contribution >= 0.6 is 0 Å². The van der Waals surface area contributed by atoms with Gasteiger partial charge in [0.1, 0.15) is 11.6 Å². The van der Waals surface area contributed by atoms with Crippen molar-refractivity contribution in [3.8, 4) is 11.5 Å². The van der Waals surface area contributed by atoms with Gasteiger partial charge >= 0.3 is 0 Å². The molecular formula is C20H19FN6O. The van der Waals surface area contributed by atoms with Gasteiger partial charge in [0, 0.05) is 31.1 Å². The smallest absolute Gasteiger partial charge is 0.259 e. The normalized spacial score (nSPS) is 12.1. The first kappa shape index (κ1) is 17.8. The zero-order chi connectivity index (χ0) is 19.3. The van der Waals surface area contributed by atoms with E-state index in [2.05, 4.69) is 32.5 Å². The van der Waals surface area contributed by atoms with Gasteiger partial charge in [0.15, 0.2) is 5.82 Å². The molecule has 142 valence electrons. The van der Waals surface area contributed by atoms with Crippen LogP contribution in [0.3, 0.4) is 0 Å². The molecule has 3 aromatic heterocycles. The molecule has 0 aliphatic rings. The second-order valence-corrected chi connectivity index (χ2v) is 6.52. The molecule has 4 rings (SSSR count). The van der Waals surface area contributed by atoms with Crippen molar-refractivity contribution in [3.05, 3.63) is 78.3 Å². The summed E-state index contributed by atoms with van der Waals surface area (Å²) in [7, 11) is 0. The van der Waals surface area contributed by atoms with Crippen molar-refractivity contribution < 1.29 is 8.91 Å². The predicted molar refractivity (Wildman–Crippen MR) is 102 cm³/mol. The van der Waals surface area contributed by atoms with Crippen LogP contribution in [0.15, 0.2) is 65.6 Å². The van der Waals surface area contributed by atoms with Gasteiger partial charge in [-0.25, -0.2) is 9.37 Å². The van der Waals surface area contributed by atoms with Crippen LogP contribution in [0.4, 0.5) is 10.2 Å². The number of rotatable bonds is 7. The molecule has 0 bridgehead atoms. The van der Waals surface area contributed by atoms with Crippen LogP contribution in [0.5, 0.6) is 0 Å². The lowest BCUT2D eigenvalue weighted by Gasteiger charge is -2.14. The number of anilines is 1. The fourth-order valence-electron chi connectivity index (χ4n) is 2.82. The second kappa shape index (κ2) is 7.99. The summed E-state index contributed by atoms with van der Waals surface area (Å²) in [5, 5.41) is 11.5. The lowest BCUT2D eigenvalue weighted by molar-refractivity contribution is 0.424. The monoisotopic (exact) mass is 378 g/mol. The van der Waals surface area contributed by atoms with E-state index >= 15 is 0 Å². The van der Waals surface area contributed by atoms with Crippen molar-refractivity contribution in [1.29, 1.82) is 0 Å². The van der Waals surface area contributed by atoms with Crippen LogP contribution in [0.1, 0.15) is 18.3 Å². The average Bonchev–Trinajstić information content (AvgIpc) is 3.36. The lowest BCUT2D eigenvalue weighted by Crippen LogP contribution is -2.22. The Kier molecular flexibility index (Phi) is 5.09. The van der Waals surface area contributed by atoms with Gasteiger partial charge in [-0.3, -0.25) is 4.68 Å². The fraction of sp³-hybridized carbons (Fsp3) is 0.200. The summed E-state index contributed by atoms with van der Waals surface area (Å²) in [6, 6.07) is 12.1. The molecule has 0 saturated carbocycles. The van der Waals surface area contributed by atoms with Gasteiger partial charge in [-0.2, -0.15) is 10.1 Å². The molecule has 4 aromatic rings. The minimum Gasteiger partial charge on any atom is -0.366 e. The predicted octanol–water partition coefficient (Wildman–Crippen LogP) is 3.56. The third kappa shape index (κ3) is 4.40. The van der Waals surface area contributed by atoms with Crippen LogP contribution in [0.25, 0.3) is 11.5 Å². The molecule has 0 fully saturated rings. The van der Waals surface area contributed by atoms with E-state index in [-0.39, 0.29) is 11.9 Å². The van der Waals surface area contributed by atoms with Crippen molar-refractivity contribution in [3.63, 3.8) is 0 Å². The molecule has 0 radical (unpaired) electrons. The van der Waals surface area contributed by atoms with Gasteiger partial charge in [0.25, 0.3) is 5.89 Å². The molecule has 0 aliphatic heterocycles. The van der Waals surface area contributed by atoms with Crippen LogP contribution in [-0.4, -0.2) is 30.9 Å². The van der Waals surface area contributed by atoms with E-state index in [0.29, 0.717) is 18.1 Å². The van der Waals surface area contributed by atoms with Gasteiger partial charge < -0.3 is 9.84 Å². The first-order valence-corrected chi connectivity index (χ1v) is 8.93. The second-order valence-electron chi connectivity index (χ2n) is 6.52. The number of hydrogen-bond donors (Lipinski definition) is 1. The Morgan fingerprint density at radius 3 is 2.75 bits per heavy atom. The highest BCUT2D eigenvalue weighted by Crippen LogP contribution is 2.19. The number of hydrogen-bond acceptors (Lipinski definition) is 6. The van der Waals surface area contributed by atoms with E-state index in [4.69, 9.17) is 4.52 Å². The lowest BCUT2D eigenvalue weighted by atomic mass is 10.1. The van der Waals surface area contributed by atoms with E-state index in [1.807, 2.05) is 29.1 Å². The Hall–Kier alpha value is -3.55. The molecule has 1 N–H and O–H groups in total. The minimum atomic E-state index is -0.267. The summed E-state index contributed by atoms with van der Waals surface area (Å²) in [5.41, 5.74) is 1.65. The van der Waals surface area contributed by atoms with Gasteiger partial charge in [0.05, 0.1) is 12.1 Å². The van der Waals surface area contributed by atoms with Crippen molar-refractivity contribution in [2.24, 2.45) is 0 Å². The first-order valence-electron chi connectivity index (χ1n) is 8.93. The minimum absolute atomic E-state index is 0.170. The summed E-state index contributed by atoms with van der Waals surface area (Å²) in [4.78, 5) is 8.81. The molecule has 0 unspecified atom stereocenters. The van der Waals surface area contributed by atoms with Gasteiger partial charge in [0.2, 0.25) is 0 Å². The molecule has 0 aliphatic carbocycles. The Labute approximate surface area is 161 Å². The van der Waals surface area contributed by atoms with E-state index in [0.717, 1.165) is 23.5 Å². The molecule has 3 heterocycles. The van der Waals surface area contributed by atoms with E-state index < -0.39 is 0 Å². The number of pyridine rings is 1. The Morgan fingerprint density at radius 2 is 2.04 bits per heavy atom. The maximum Gasteiger partial charge on any atom is 0.259 e. The van der Waals surface area contributed by atoms with Crippen LogP contribution in [-0.2, 0) is 13.0 Å². The van der Waals surface area contributed by atoms with E-state index in [1.54, 1.807) is 24.5 Å². The van der Waals surface area contributed by atoms with E-state index in [1.165, 1.54) is 12.1 Å². The van der Waals surface area contributed by atoms with Crippen molar-refractivity contribution in [2.45, 2.75) is 25.9 Å². The Bertz CT molecular complexity index is 1010. The summed E-state index contributed by atoms with van der Waals surface area (Å²) in [5.74, 6) is 1.43. The fourth-order valence-corrected chi connectivity index (χ4v) is 2.82. The molecule has 7 nitrogen and oxygen atoms in total. The third-order valence-corrected chi connectivity index (χ3v) is 4.17. The molecule has 0 saturated heterocycles. The standard InChI is InChI=1S/C20H19FN6O/c1-14(13-27-10-2-9-23-27)24-18-8-5-16(12-22-18)20-25-19(26-28-20)11-15-3-6-17(21)7-4-15/h2-10,12,14H,11,13H2,1H3,(H,22,24)/t14-/m1/s1.